The number of carbonyl (C=O) groups is 1. The molecule has 1 saturated carbocycles. The minimum absolute atomic E-state index is 0.0829. The van der Waals surface area contributed by atoms with Crippen molar-refractivity contribution in [3.8, 4) is 0 Å². The number of rotatable bonds is 2. The van der Waals surface area contributed by atoms with Crippen LogP contribution in [0.4, 0.5) is 0 Å². The normalized spacial score (nSPS) is 26.7. The molecule has 11 heavy (non-hydrogen) atoms. The van der Waals surface area contributed by atoms with E-state index in [4.69, 9.17) is 4.74 Å². The molecule has 0 atom stereocenters. The second-order valence-corrected chi connectivity index (χ2v) is 3.39. The SMILES string of the molecule is O=CC1(C2=COCCC2)CC1. The zero-order valence-electron chi connectivity index (χ0n) is 6.51. The van der Waals surface area contributed by atoms with E-state index in [1.807, 2.05) is 0 Å². The van der Waals surface area contributed by atoms with Crippen LogP contribution in [0, 0.1) is 5.41 Å². The summed E-state index contributed by atoms with van der Waals surface area (Å²) in [5, 5.41) is 0. The lowest BCUT2D eigenvalue weighted by atomic mass is 9.94. The van der Waals surface area contributed by atoms with E-state index in [1.54, 1.807) is 6.26 Å². The number of allylic oxidation sites excluding steroid dienone is 1. The van der Waals surface area contributed by atoms with Crippen molar-refractivity contribution in [2.75, 3.05) is 6.61 Å². The second-order valence-electron chi connectivity index (χ2n) is 3.39. The zero-order chi connectivity index (χ0) is 7.73. The molecular formula is C9H12O2. The van der Waals surface area contributed by atoms with Crippen LogP contribution < -0.4 is 0 Å². The maximum absolute atomic E-state index is 10.7. The largest absolute Gasteiger partial charge is 0.501 e. The minimum atomic E-state index is -0.0829. The van der Waals surface area contributed by atoms with Gasteiger partial charge in [0.25, 0.3) is 0 Å². The maximum Gasteiger partial charge on any atom is 0.130 e. The summed E-state index contributed by atoms with van der Waals surface area (Å²) in [6, 6.07) is 0. The number of hydrogen-bond acceptors (Lipinski definition) is 2. The quantitative estimate of drug-likeness (QED) is 0.562. The van der Waals surface area contributed by atoms with Crippen LogP contribution in [0.15, 0.2) is 11.8 Å². The van der Waals surface area contributed by atoms with Gasteiger partial charge >= 0.3 is 0 Å². The van der Waals surface area contributed by atoms with Crippen molar-refractivity contribution in [3.05, 3.63) is 11.8 Å². The smallest absolute Gasteiger partial charge is 0.130 e. The fraction of sp³-hybridized carbons (Fsp3) is 0.667. The van der Waals surface area contributed by atoms with Crippen LogP contribution in [0.1, 0.15) is 25.7 Å². The molecule has 0 radical (unpaired) electrons. The molecule has 0 spiro atoms. The van der Waals surface area contributed by atoms with Gasteiger partial charge in [-0.15, -0.1) is 0 Å². The van der Waals surface area contributed by atoms with Crippen molar-refractivity contribution in [2.24, 2.45) is 5.41 Å². The van der Waals surface area contributed by atoms with Gasteiger partial charge in [-0.3, -0.25) is 0 Å². The Morgan fingerprint density at radius 3 is 2.82 bits per heavy atom. The summed E-state index contributed by atoms with van der Waals surface area (Å²) in [6.45, 7) is 0.818. The zero-order valence-corrected chi connectivity index (χ0v) is 6.51. The first kappa shape index (κ1) is 6.89. The van der Waals surface area contributed by atoms with Crippen LogP contribution in [0.3, 0.4) is 0 Å². The highest BCUT2D eigenvalue weighted by atomic mass is 16.5. The minimum Gasteiger partial charge on any atom is -0.501 e. The lowest BCUT2D eigenvalue weighted by Gasteiger charge is -2.17. The van der Waals surface area contributed by atoms with Crippen LogP contribution in [-0.4, -0.2) is 12.9 Å². The van der Waals surface area contributed by atoms with Gasteiger partial charge in [-0.05, 0) is 31.3 Å². The first-order valence-electron chi connectivity index (χ1n) is 4.15. The Balaban J connectivity index is 2.13. The number of aldehydes is 1. The van der Waals surface area contributed by atoms with Gasteiger partial charge in [-0.1, -0.05) is 0 Å². The van der Waals surface area contributed by atoms with E-state index < -0.39 is 0 Å². The van der Waals surface area contributed by atoms with E-state index in [9.17, 15) is 4.79 Å². The van der Waals surface area contributed by atoms with E-state index in [1.165, 1.54) is 5.57 Å². The van der Waals surface area contributed by atoms with Crippen molar-refractivity contribution < 1.29 is 9.53 Å². The molecule has 0 amide bonds. The fourth-order valence-corrected chi connectivity index (χ4v) is 1.58. The summed E-state index contributed by atoms with van der Waals surface area (Å²) < 4.78 is 5.19. The third-order valence-electron chi connectivity index (χ3n) is 2.59. The molecule has 1 heterocycles. The van der Waals surface area contributed by atoms with Gasteiger partial charge in [-0.2, -0.15) is 0 Å². The van der Waals surface area contributed by atoms with Gasteiger partial charge in [0.05, 0.1) is 18.3 Å². The van der Waals surface area contributed by atoms with E-state index in [0.717, 1.165) is 38.6 Å². The lowest BCUT2D eigenvalue weighted by molar-refractivity contribution is -0.111. The van der Waals surface area contributed by atoms with E-state index in [0.29, 0.717) is 0 Å². The number of ether oxygens (including phenoxy) is 1. The third kappa shape index (κ3) is 1.06. The number of carbonyl (C=O) groups excluding carboxylic acids is 1. The molecule has 60 valence electrons. The predicted molar refractivity (Wildman–Crippen MR) is 41.0 cm³/mol. The molecule has 0 unspecified atom stereocenters. The molecule has 0 N–H and O–H groups in total. The molecule has 1 fully saturated rings. The highest BCUT2D eigenvalue weighted by Gasteiger charge is 2.46. The molecule has 0 aromatic carbocycles. The molecule has 1 aliphatic heterocycles. The highest BCUT2D eigenvalue weighted by Crippen LogP contribution is 2.51. The van der Waals surface area contributed by atoms with E-state index >= 15 is 0 Å². The van der Waals surface area contributed by atoms with Gasteiger partial charge < -0.3 is 9.53 Å². The monoisotopic (exact) mass is 152 g/mol. The summed E-state index contributed by atoms with van der Waals surface area (Å²) in [5.74, 6) is 0. The van der Waals surface area contributed by atoms with E-state index in [-0.39, 0.29) is 5.41 Å². The Hall–Kier alpha value is -0.790. The fourth-order valence-electron chi connectivity index (χ4n) is 1.58. The Morgan fingerprint density at radius 1 is 1.55 bits per heavy atom. The maximum atomic E-state index is 10.7. The molecule has 0 saturated heterocycles. The van der Waals surface area contributed by atoms with Crippen LogP contribution in [0.2, 0.25) is 0 Å². The van der Waals surface area contributed by atoms with Crippen LogP contribution in [-0.2, 0) is 9.53 Å². The van der Waals surface area contributed by atoms with Crippen LogP contribution in [0.5, 0.6) is 0 Å². The second kappa shape index (κ2) is 2.36. The van der Waals surface area contributed by atoms with Crippen LogP contribution in [0.25, 0.3) is 0 Å². The van der Waals surface area contributed by atoms with Crippen molar-refractivity contribution in [1.29, 1.82) is 0 Å². The summed E-state index contributed by atoms with van der Waals surface area (Å²) in [5.41, 5.74) is 1.14. The average Bonchev–Trinajstić information content (AvgIpc) is 2.86. The van der Waals surface area contributed by atoms with Crippen molar-refractivity contribution >= 4 is 6.29 Å². The average molecular weight is 152 g/mol. The van der Waals surface area contributed by atoms with E-state index in [2.05, 4.69) is 0 Å². The topological polar surface area (TPSA) is 26.3 Å². The lowest BCUT2D eigenvalue weighted by Crippen LogP contribution is -2.11. The van der Waals surface area contributed by atoms with Gasteiger partial charge in [0, 0.05) is 0 Å². The van der Waals surface area contributed by atoms with Gasteiger partial charge in [0.1, 0.15) is 6.29 Å². The standard InChI is InChI=1S/C9H12O2/c10-7-9(3-4-9)8-2-1-5-11-6-8/h6-7H,1-5H2. The van der Waals surface area contributed by atoms with Gasteiger partial charge in [-0.25, -0.2) is 0 Å². The molecule has 0 aromatic rings. The van der Waals surface area contributed by atoms with Crippen molar-refractivity contribution in [1.82, 2.24) is 0 Å². The van der Waals surface area contributed by atoms with Gasteiger partial charge in [0.15, 0.2) is 0 Å². The molecule has 1 aliphatic carbocycles. The summed E-state index contributed by atoms with van der Waals surface area (Å²) >= 11 is 0. The summed E-state index contributed by atoms with van der Waals surface area (Å²) in [6.07, 6.45) is 7.08. The molecule has 2 aliphatic rings. The molecule has 2 heteroatoms. The summed E-state index contributed by atoms with van der Waals surface area (Å²) in [4.78, 5) is 10.7. The molecule has 2 nitrogen and oxygen atoms in total. The summed E-state index contributed by atoms with van der Waals surface area (Å²) in [7, 11) is 0. The first-order valence-corrected chi connectivity index (χ1v) is 4.15. The molecular weight excluding hydrogens is 140 g/mol. The molecule has 0 bridgehead atoms. The van der Waals surface area contributed by atoms with Crippen molar-refractivity contribution in [3.63, 3.8) is 0 Å². The Morgan fingerprint density at radius 2 is 2.36 bits per heavy atom. The Bertz CT molecular complexity index is 202. The third-order valence-corrected chi connectivity index (χ3v) is 2.59. The first-order chi connectivity index (χ1) is 5.37. The predicted octanol–water partition coefficient (Wildman–Crippen LogP) is 1.66. The number of hydrogen-bond donors (Lipinski definition) is 0. The van der Waals surface area contributed by atoms with Gasteiger partial charge in [0.2, 0.25) is 0 Å². The molecule has 0 aromatic heterocycles. The molecule has 2 rings (SSSR count). The van der Waals surface area contributed by atoms with Crippen molar-refractivity contribution in [2.45, 2.75) is 25.7 Å². The Labute approximate surface area is 66.2 Å². The van der Waals surface area contributed by atoms with Crippen LogP contribution >= 0.6 is 0 Å². The Kier molecular flexibility index (Phi) is 1.48. The highest BCUT2D eigenvalue weighted by molar-refractivity contribution is 5.69.